The molecular weight excluding hydrogens is 360 g/mol. The molecule has 4 rings (SSSR count). The van der Waals surface area contributed by atoms with Gasteiger partial charge < -0.3 is 15.1 Å². The number of anilines is 2. The van der Waals surface area contributed by atoms with Crippen LogP contribution in [0.5, 0.6) is 0 Å². The molecule has 2 heterocycles. The fourth-order valence-corrected chi connectivity index (χ4v) is 4.14. The molecule has 3 aromatic rings. The van der Waals surface area contributed by atoms with Gasteiger partial charge in [-0.2, -0.15) is 0 Å². The second kappa shape index (κ2) is 8.21. The second-order valence-corrected chi connectivity index (χ2v) is 7.99. The van der Waals surface area contributed by atoms with Crippen molar-refractivity contribution >= 4 is 28.1 Å². The highest BCUT2D eigenvalue weighted by molar-refractivity contribution is 6.13. The predicted molar refractivity (Wildman–Crippen MR) is 120 cm³/mol. The normalized spacial score (nSPS) is 15.1. The molecule has 1 fully saturated rings. The van der Waals surface area contributed by atoms with Crippen LogP contribution in [0.3, 0.4) is 0 Å². The van der Waals surface area contributed by atoms with Crippen LogP contribution in [0.4, 0.5) is 11.4 Å². The lowest BCUT2D eigenvalue weighted by molar-refractivity contribution is 0.102. The quantitative estimate of drug-likeness (QED) is 0.723. The maximum absolute atomic E-state index is 13.0. The molecule has 0 radical (unpaired) electrons. The van der Waals surface area contributed by atoms with E-state index in [-0.39, 0.29) is 5.91 Å². The van der Waals surface area contributed by atoms with Crippen molar-refractivity contribution in [1.29, 1.82) is 0 Å². The van der Waals surface area contributed by atoms with Crippen LogP contribution in [0, 0.1) is 6.92 Å². The van der Waals surface area contributed by atoms with Crippen LogP contribution in [0.25, 0.3) is 10.8 Å². The number of piperidine rings is 1. The Balaban J connectivity index is 1.47. The lowest BCUT2D eigenvalue weighted by atomic mass is 10.0. The highest BCUT2D eigenvalue weighted by atomic mass is 16.1. The van der Waals surface area contributed by atoms with E-state index in [0.717, 1.165) is 35.2 Å². The lowest BCUT2D eigenvalue weighted by Crippen LogP contribution is -2.41. The molecule has 1 amide bonds. The van der Waals surface area contributed by atoms with Gasteiger partial charge in [-0.3, -0.25) is 9.78 Å². The zero-order valence-electron chi connectivity index (χ0n) is 17.4. The van der Waals surface area contributed by atoms with Crippen molar-refractivity contribution in [3.05, 3.63) is 66.0 Å². The fraction of sp³-hybridized carbons (Fsp3) is 0.333. The number of fused-ring (bicyclic) bond motifs is 1. The molecule has 0 spiro atoms. The number of aryl methyl sites for hydroxylation is 1. The summed E-state index contributed by atoms with van der Waals surface area (Å²) in [5.74, 6) is -0.119. The van der Waals surface area contributed by atoms with Gasteiger partial charge in [-0.05, 0) is 63.5 Å². The smallest absolute Gasteiger partial charge is 0.258 e. The Morgan fingerprint density at radius 2 is 1.76 bits per heavy atom. The van der Waals surface area contributed by atoms with E-state index in [9.17, 15) is 4.79 Å². The molecule has 150 valence electrons. The molecular formula is C24H28N4O. The molecule has 0 unspecified atom stereocenters. The van der Waals surface area contributed by atoms with E-state index >= 15 is 0 Å². The number of benzene rings is 2. The van der Waals surface area contributed by atoms with Crippen LogP contribution in [-0.4, -0.2) is 49.0 Å². The summed E-state index contributed by atoms with van der Waals surface area (Å²) < 4.78 is 0. The SMILES string of the molecule is Cc1ncc2ccccc2c1C(=O)Nc1ccc(N2CCC(N(C)C)CC2)cc1. The highest BCUT2D eigenvalue weighted by Crippen LogP contribution is 2.25. The molecule has 0 aliphatic carbocycles. The van der Waals surface area contributed by atoms with Gasteiger partial charge in [-0.1, -0.05) is 24.3 Å². The van der Waals surface area contributed by atoms with Gasteiger partial charge in [0.15, 0.2) is 0 Å². The van der Waals surface area contributed by atoms with Crippen LogP contribution in [0.15, 0.2) is 54.7 Å². The Morgan fingerprint density at radius 1 is 1.07 bits per heavy atom. The predicted octanol–water partition coefficient (Wildman–Crippen LogP) is 4.33. The lowest BCUT2D eigenvalue weighted by Gasteiger charge is -2.36. The largest absolute Gasteiger partial charge is 0.371 e. The van der Waals surface area contributed by atoms with Gasteiger partial charge in [0.05, 0.1) is 11.3 Å². The highest BCUT2D eigenvalue weighted by Gasteiger charge is 2.21. The number of nitrogens with zero attached hydrogens (tertiary/aromatic N) is 3. The van der Waals surface area contributed by atoms with Crippen molar-refractivity contribution in [1.82, 2.24) is 9.88 Å². The summed E-state index contributed by atoms with van der Waals surface area (Å²) in [6.07, 6.45) is 4.17. The number of aromatic nitrogens is 1. The van der Waals surface area contributed by atoms with Gasteiger partial charge in [-0.15, -0.1) is 0 Å². The van der Waals surface area contributed by atoms with E-state index in [1.807, 2.05) is 49.5 Å². The summed E-state index contributed by atoms with van der Waals surface area (Å²) in [6.45, 7) is 4.01. The van der Waals surface area contributed by atoms with Crippen LogP contribution in [0.2, 0.25) is 0 Å². The molecule has 2 aromatic carbocycles. The van der Waals surface area contributed by atoms with E-state index in [2.05, 4.69) is 46.3 Å². The molecule has 1 aliphatic rings. The number of hydrogen-bond donors (Lipinski definition) is 1. The van der Waals surface area contributed by atoms with E-state index in [0.29, 0.717) is 11.6 Å². The number of pyridine rings is 1. The molecule has 5 heteroatoms. The van der Waals surface area contributed by atoms with Crippen molar-refractivity contribution in [2.75, 3.05) is 37.4 Å². The van der Waals surface area contributed by atoms with E-state index in [1.165, 1.54) is 18.5 Å². The molecule has 1 N–H and O–H groups in total. The monoisotopic (exact) mass is 388 g/mol. The Labute approximate surface area is 172 Å². The summed E-state index contributed by atoms with van der Waals surface area (Å²) in [7, 11) is 4.32. The summed E-state index contributed by atoms with van der Waals surface area (Å²) in [5.41, 5.74) is 3.39. The molecule has 0 saturated carbocycles. The zero-order valence-corrected chi connectivity index (χ0v) is 17.4. The number of nitrogens with one attached hydrogen (secondary N) is 1. The average molecular weight is 389 g/mol. The van der Waals surface area contributed by atoms with Crippen LogP contribution >= 0.6 is 0 Å². The topological polar surface area (TPSA) is 48.5 Å². The van der Waals surface area contributed by atoms with E-state index < -0.39 is 0 Å². The summed E-state index contributed by atoms with van der Waals surface area (Å²) >= 11 is 0. The molecule has 29 heavy (non-hydrogen) atoms. The second-order valence-electron chi connectivity index (χ2n) is 7.99. The van der Waals surface area contributed by atoms with Crippen molar-refractivity contribution in [3.63, 3.8) is 0 Å². The third-order valence-electron chi connectivity index (χ3n) is 5.90. The van der Waals surface area contributed by atoms with Gasteiger partial charge in [0.2, 0.25) is 0 Å². The summed E-state index contributed by atoms with van der Waals surface area (Å²) in [6, 6.07) is 16.7. The molecule has 0 bridgehead atoms. The minimum absolute atomic E-state index is 0.119. The Morgan fingerprint density at radius 3 is 2.45 bits per heavy atom. The summed E-state index contributed by atoms with van der Waals surface area (Å²) in [4.78, 5) is 22.1. The van der Waals surface area contributed by atoms with Crippen LogP contribution in [0.1, 0.15) is 28.9 Å². The minimum Gasteiger partial charge on any atom is -0.371 e. The van der Waals surface area contributed by atoms with E-state index in [4.69, 9.17) is 0 Å². The first-order valence-electron chi connectivity index (χ1n) is 10.2. The van der Waals surface area contributed by atoms with Crippen LogP contribution in [-0.2, 0) is 0 Å². The molecule has 1 aromatic heterocycles. The number of carbonyl (C=O) groups excluding carboxylic acids is 1. The maximum atomic E-state index is 13.0. The average Bonchev–Trinajstić information content (AvgIpc) is 2.74. The molecule has 5 nitrogen and oxygen atoms in total. The Kier molecular flexibility index (Phi) is 5.49. The van der Waals surface area contributed by atoms with Crippen molar-refractivity contribution < 1.29 is 4.79 Å². The third kappa shape index (κ3) is 4.10. The van der Waals surface area contributed by atoms with Gasteiger partial charge in [0.1, 0.15) is 0 Å². The Bertz CT molecular complexity index is 1010. The number of amides is 1. The third-order valence-corrected chi connectivity index (χ3v) is 5.90. The van der Waals surface area contributed by atoms with Gasteiger partial charge >= 0.3 is 0 Å². The van der Waals surface area contributed by atoms with Crippen molar-refractivity contribution in [2.24, 2.45) is 0 Å². The number of hydrogen-bond acceptors (Lipinski definition) is 4. The van der Waals surface area contributed by atoms with Crippen LogP contribution < -0.4 is 10.2 Å². The number of carbonyl (C=O) groups is 1. The summed E-state index contributed by atoms with van der Waals surface area (Å²) in [5, 5.41) is 4.94. The van der Waals surface area contributed by atoms with Crippen molar-refractivity contribution in [2.45, 2.75) is 25.8 Å². The molecule has 0 atom stereocenters. The number of rotatable bonds is 4. The first-order chi connectivity index (χ1) is 14.0. The Hall–Kier alpha value is -2.92. The standard InChI is InChI=1S/C24H28N4O/c1-17-23(22-7-5-4-6-18(22)16-25-17)24(29)26-19-8-10-21(11-9-19)28-14-12-20(13-15-28)27(2)3/h4-11,16,20H,12-15H2,1-3H3,(H,26,29). The maximum Gasteiger partial charge on any atom is 0.258 e. The van der Waals surface area contributed by atoms with Crippen molar-refractivity contribution in [3.8, 4) is 0 Å². The van der Waals surface area contributed by atoms with Gasteiger partial charge in [-0.25, -0.2) is 0 Å². The fourth-order valence-electron chi connectivity index (χ4n) is 4.14. The minimum atomic E-state index is -0.119. The first kappa shape index (κ1) is 19.4. The van der Waals surface area contributed by atoms with Gasteiger partial charge in [0, 0.05) is 42.1 Å². The first-order valence-corrected chi connectivity index (χ1v) is 10.2. The van der Waals surface area contributed by atoms with Gasteiger partial charge in [0.25, 0.3) is 5.91 Å². The zero-order chi connectivity index (χ0) is 20.4. The molecule has 1 aliphatic heterocycles. The molecule has 1 saturated heterocycles. The van der Waals surface area contributed by atoms with E-state index in [1.54, 1.807) is 0 Å².